The number of hydrogen-bond donors (Lipinski definition) is 2. The molecule has 0 radical (unpaired) electrons. The van der Waals surface area contributed by atoms with E-state index in [9.17, 15) is 14.0 Å². The summed E-state index contributed by atoms with van der Waals surface area (Å²) in [4.78, 5) is 29.1. The van der Waals surface area contributed by atoms with Gasteiger partial charge in [0.2, 0.25) is 11.8 Å². The molecule has 2 aromatic rings. The number of benzene rings is 1. The third-order valence-corrected chi connectivity index (χ3v) is 5.57. The van der Waals surface area contributed by atoms with Crippen LogP contribution in [0, 0.1) is 19.7 Å². The summed E-state index contributed by atoms with van der Waals surface area (Å²) in [5.41, 5.74) is 2.93. The summed E-state index contributed by atoms with van der Waals surface area (Å²) in [6, 6.07) is 5.56. The second-order valence-electron chi connectivity index (χ2n) is 7.71. The first kappa shape index (κ1) is 21.9. The second-order valence-corrected chi connectivity index (χ2v) is 7.71. The van der Waals surface area contributed by atoms with Crippen molar-refractivity contribution in [3.63, 3.8) is 0 Å². The van der Waals surface area contributed by atoms with E-state index in [0.29, 0.717) is 31.9 Å². The average Bonchev–Trinajstić information content (AvgIpc) is 2.94. The molecule has 1 fully saturated rings. The van der Waals surface area contributed by atoms with E-state index in [1.54, 1.807) is 16.8 Å². The number of aryl methyl sites for hydroxylation is 2. The summed E-state index contributed by atoms with van der Waals surface area (Å²) in [5, 5.41) is 10.0. The van der Waals surface area contributed by atoms with Crippen LogP contribution in [-0.4, -0.2) is 70.2 Å². The minimum atomic E-state index is -0.384. The first-order valence-corrected chi connectivity index (χ1v) is 10.1. The van der Waals surface area contributed by atoms with Gasteiger partial charge < -0.3 is 10.6 Å². The molecule has 8 nitrogen and oxygen atoms in total. The van der Waals surface area contributed by atoms with Crippen LogP contribution in [0.5, 0.6) is 0 Å². The van der Waals surface area contributed by atoms with Gasteiger partial charge in [0.15, 0.2) is 0 Å². The number of anilines is 2. The van der Waals surface area contributed by atoms with Crippen molar-refractivity contribution in [3.05, 3.63) is 41.5 Å². The Morgan fingerprint density at radius 1 is 1.17 bits per heavy atom. The van der Waals surface area contributed by atoms with Crippen LogP contribution in [0.3, 0.4) is 0 Å². The fourth-order valence-electron chi connectivity index (χ4n) is 3.63. The molecule has 1 aliphatic rings. The van der Waals surface area contributed by atoms with Crippen molar-refractivity contribution in [3.8, 4) is 0 Å². The van der Waals surface area contributed by atoms with Gasteiger partial charge in [-0.15, -0.1) is 0 Å². The van der Waals surface area contributed by atoms with E-state index < -0.39 is 0 Å². The Hall–Kier alpha value is -2.78. The lowest BCUT2D eigenvalue weighted by Gasteiger charge is -2.37. The Bertz CT molecular complexity index is 920. The van der Waals surface area contributed by atoms with Gasteiger partial charge in [0, 0.05) is 38.9 Å². The topological polar surface area (TPSA) is 82.5 Å². The first-order valence-electron chi connectivity index (χ1n) is 10.1. The van der Waals surface area contributed by atoms with Gasteiger partial charge in [-0.05, 0) is 39.0 Å². The van der Waals surface area contributed by atoms with Crippen molar-refractivity contribution in [2.24, 2.45) is 7.05 Å². The zero-order chi connectivity index (χ0) is 21.8. The van der Waals surface area contributed by atoms with Gasteiger partial charge in [-0.3, -0.25) is 24.1 Å². The number of rotatable bonds is 6. The highest BCUT2D eigenvalue weighted by Crippen LogP contribution is 2.19. The van der Waals surface area contributed by atoms with Gasteiger partial charge in [0.25, 0.3) is 0 Å². The summed E-state index contributed by atoms with van der Waals surface area (Å²) in [6.45, 7) is 8.66. The largest absolute Gasteiger partial charge is 0.325 e. The molecule has 9 heteroatoms. The van der Waals surface area contributed by atoms with Gasteiger partial charge in [-0.2, -0.15) is 5.10 Å². The minimum Gasteiger partial charge on any atom is -0.325 e. The molecular formula is C21H29FN6O2. The molecule has 1 atom stereocenters. The van der Waals surface area contributed by atoms with E-state index in [2.05, 4.69) is 20.6 Å². The van der Waals surface area contributed by atoms with Crippen molar-refractivity contribution in [1.29, 1.82) is 0 Å². The lowest BCUT2D eigenvalue weighted by molar-refractivity contribution is -0.122. The number of halogens is 1. The predicted molar refractivity (Wildman–Crippen MR) is 114 cm³/mol. The predicted octanol–water partition coefficient (Wildman–Crippen LogP) is 1.76. The van der Waals surface area contributed by atoms with Gasteiger partial charge in [-0.1, -0.05) is 6.07 Å². The molecule has 1 saturated heterocycles. The normalized spacial score (nSPS) is 16.3. The maximum absolute atomic E-state index is 13.2. The third kappa shape index (κ3) is 5.22. The Morgan fingerprint density at radius 3 is 2.47 bits per heavy atom. The van der Waals surface area contributed by atoms with Crippen LogP contribution in [0.1, 0.15) is 18.3 Å². The SMILES string of the molecule is Cc1nn(C)c(C)c1NC(=O)[C@H](C)N1CCN(CC(=O)Nc2cccc(F)c2)CC1. The zero-order valence-electron chi connectivity index (χ0n) is 17.9. The van der Waals surface area contributed by atoms with Crippen LogP contribution in [0.25, 0.3) is 0 Å². The number of amides is 2. The molecule has 1 aliphatic heterocycles. The lowest BCUT2D eigenvalue weighted by atomic mass is 10.2. The standard InChI is InChI=1S/C21H29FN6O2/c1-14-20(15(2)26(4)25-14)24-21(30)16(3)28-10-8-27(9-11-28)13-19(29)23-18-7-5-6-17(22)12-18/h5-7,12,16H,8-11,13H2,1-4H3,(H,23,29)(H,24,30)/t16-/m0/s1. The summed E-state index contributed by atoms with van der Waals surface area (Å²) in [7, 11) is 1.85. The Labute approximate surface area is 176 Å². The van der Waals surface area contributed by atoms with Crippen LogP contribution < -0.4 is 10.6 Å². The van der Waals surface area contributed by atoms with Crippen molar-refractivity contribution in [2.75, 3.05) is 43.4 Å². The maximum Gasteiger partial charge on any atom is 0.241 e. The molecule has 2 heterocycles. The summed E-state index contributed by atoms with van der Waals surface area (Å²) < 4.78 is 15.0. The molecule has 0 spiro atoms. The van der Waals surface area contributed by atoms with Crippen molar-refractivity contribution in [2.45, 2.75) is 26.8 Å². The van der Waals surface area contributed by atoms with Gasteiger partial charge >= 0.3 is 0 Å². The van der Waals surface area contributed by atoms with E-state index in [0.717, 1.165) is 17.1 Å². The quantitative estimate of drug-likeness (QED) is 0.750. The Morgan fingerprint density at radius 2 is 1.87 bits per heavy atom. The molecular weight excluding hydrogens is 387 g/mol. The molecule has 0 unspecified atom stereocenters. The Kier molecular flexibility index (Phi) is 6.84. The molecule has 3 rings (SSSR count). The smallest absolute Gasteiger partial charge is 0.241 e. The van der Waals surface area contributed by atoms with Crippen LogP contribution in [0.2, 0.25) is 0 Å². The highest BCUT2D eigenvalue weighted by molar-refractivity contribution is 5.95. The summed E-state index contributed by atoms with van der Waals surface area (Å²) in [6.07, 6.45) is 0. The summed E-state index contributed by atoms with van der Waals surface area (Å²) in [5.74, 6) is -0.626. The van der Waals surface area contributed by atoms with E-state index in [1.807, 2.05) is 32.7 Å². The molecule has 2 amide bonds. The summed E-state index contributed by atoms with van der Waals surface area (Å²) >= 11 is 0. The van der Waals surface area contributed by atoms with E-state index >= 15 is 0 Å². The fraction of sp³-hybridized carbons (Fsp3) is 0.476. The van der Waals surface area contributed by atoms with E-state index in [-0.39, 0.29) is 30.2 Å². The molecule has 1 aromatic heterocycles. The molecule has 2 N–H and O–H groups in total. The first-order chi connectivity index (χ1) is 14.2. The molecule has 162 valence electrons. The van der Waals surface area contributed by atoms with Crippen LogP contribution in [-0.2, 0) is 16.6 Å². The van der Waals surface area contributed by atoms with Crippen LogP contribution in [0.15, 0.2) is 24.3 Å². The maximum atomic E-state index is 13.2. The number of nitrogens with one attached hydrogen (secondary N) is 2. The average molecular weight is 417 g/mol. The van der Waals surface area contributed by atoms with Gasteiger partial charge in [-0.25, -0.2) is 4.39 Å². The fourth-order valence-corrected chi connectivity index (χ4v) is 3.63. The number of piperazine rings is 1. The van der Waals surface area contributed by atoms with Crippen LogP contribution >= 0.6 is 0 Å². The minimum absolute atomic E-state index is 0.0634. The van der Waals surface area contributed by atoms with Crippen LogP contribution in [0.4, 0.5) is 15.8 Å². The number of nitrogens with zero attached hydrogens (tertiary/aromatic N) is 4. The zero-order valence-corrected chi connectivity index (χ0v) is 17.9. The molecule has 0 bridgehead atoms. The second kappa shape index (κ2) is 9.36. The Balaban J connectivity index is 1.47. The number of carbonyl (C=O) groups is 2. The van der Waals surface area contributed by atoms with E-state index in [4.69, 9.17) is 0 Å². The lowest BCUT2D eigenvalue weighted by Crippen LogP contribution is -2.53. The van der Waals surface area contributed by atoms with Crippen molar-refractivity contribution >= 4 is 23.2 Å². The van der Waals surface area contributed by atoms with Gasteiger partial charge in [0.05, 0.1) is 29.7 Å². The third-order valence-electron chi connectivity index (χ3n) is 5.57. The highest BCUT2D eigenvalue weighted by atomic mass is 19.1. The van der Waals surface area contributed by atoms with E-state index in [1.165, 1.54) is 12.1 Å². The van der Waals surface area contributed by atoms with Crippen molar-refractivity contribution < 1.29 is 14.0 Å². The van der Waals surface area contributed by atoms with Gasteiger partial charge in [0.1, 0.15) is 5.82 Å². The highest BCUT2D eigenvalue weighted by Gasteiger charge is 2.27. The van der Waals surface area contributed by atoms with Crippen molar-refractivity contribution in [1.82, 2.24) is 19.6 Å². The molecule has 0 saturated carbocycles. The molecule has 30 heavy (non-hydrogen) atoms. The number of aromatic nitrogens is 2. The molecule has 1 aromatic carbocycles. The monoisotopic (exact) mass is 416 g/mol. The molecule has 0 aliphatic carbocycles. The number of carbonyl (C=O) groups excluding carboxylic acids is 2. The number of hydrogen-bond acceptors (Lipinski definition) is 5.